The second kappa shape index (κ2) is 6.43. The lowest BCUT2D eigenvalue weighted by Gasteiger charge is -2.37. The summed E-state index contributed by atoms with van der Waals surface area (Å²) in [6, 6.07) is -0.498. The molecule has 1 aliphatic carbocycles. The number of amides is 2. The number of rotatable bonds is 4. The van der Waals surface area contributed by atoms with Gasteiger partial charge >= 0.3 is 12.0 Å². The summed E-state index contributed by atoms with van der Waals surface area (Å²) in [6.07, 6.45) is 5.34. The molecule has 1 heterocycles. The van der Waals surface area contributed by atoms with Crippen LogP contribution in [-0.2, 0) is 4.79 Å². The highest BCUT2D eigenvalue weighted by Gasteiger charge is 2.43. The standard InChI is InChI=1S/C14H21N3O3S/c1-3-10-4-6-14(7-5-10,11(18)19)17-12(20)16-13-15-8-9(2)21-13/h8,10H,3-7H2,1-2H3,(H,18,19)(H2,15,16,17,20). The topological polar surface area (TPSA) is 91.3 Å². The maximum Gasteiger partial charge on any atom is 0.329 e. The molecule has 0 aromatic carbocycles. The minimum atomic E-state index is -1.15. The van der Waals surface area contributed by atoms with Crippen molar-refractivity contribution in [2.24, 2.45) is 5.92 Å². The van der Waals surface area contributed by atoms with Gasteiger partial charge in [-0.15, -0.1) is 11.3 Å². The molecule has 0 spiro atoms. The highest BCUT2D eigenvalue weighted by atomic mass is 32.1. The molecule has 7 heteroatoms. The summed E-state index contributed by atoms with van der Waals surface area (Å²) in [5.41, 5.74) is -1.15. The lowest BCUT2D eigenvalue weighted by atomic mass is 9.75. The van der Waals surface area contributed by atoms with E-state index < -0.39 is 17.5 Å². The van der Waals surface area contributed by atoms with Crippen LogP contribution in [0.15, 0.2) is 6.20 Å². The largest absolute Gasteiger partial charge is 0.480 e. The number of aromatic nitrogens is 1. The third kappa shape index (κ3) is 3.72. The molecule has 1 fully saturated rings. The first kappa shape index (κ1) is 15.8. The Kier molecular flexibility index (Phi) is 4.82. The van der Waals surface area contributed by atoms with Crippen LogP contribution in [0.5, 0.6) is 0 Å². The van der Waals surface area contributed by atoms with Crippen molar-refractivity contribution in [1.29, 1.82) is 0 Å². The highest BCUT2D eigenvalue weighted by Crippen LogP contribution is 2.34. The van der Waals surface area contributed by atoms with E-state index in [9.17, 15) is 14.7 Å². The average molecular weight is 311 g/mol. The van der Waals surface area contributed by atoms with E-state index in [2.05, 4.69) is 22.5 Å². The number of hydrogen-bond acceptors (Lipinski definition) is 4. The number of aliphatic carboxylic acids is 1. The summed E-state index contributed by atoms with van der Waals surface area (Å²) in [7, 11) is 0. The van der Waals surface area contributed by atoms with Crippen molar-refractivity contribution in [3.63, 3.8) is 0 Å². The third-order valence-electron chi connectivity index (χ3n) is 4.14. The molecule has 1 aliphatic rings. The summed E-state index contributed by atoms with van der Waals surface area (Å²) >= 11 is 1.36. The molecule has 6 nitrogen and oxygen atoms in total. The normalized spacial score (nSPS) is 25.3. The van der Waals surface area contributed by atoms with Gasteiger partial charge in [0, 0.05) is 11.1 Å². The Morgan fingerprint density at radius 2 is 2.14 bits per heavy atom. The predicted molar refractivity (Wildman–Crippen MR) is 81.6 cm³/mol. The molecule has 2 amide bonds. The predicted octanol–water partition coefficient (Wildman–Crippen LogP) is 3.00. The number of carboxylic acids is 1. The molecule has 0 bridgehead atoms. The van der Waals surface area contributed by atoms with E-state index in [0.29, 0.717) is 23.9 Å². The van der Waals surface area contributed by atoms with Gasteiger partial charge in [0.25, 0.3) is 0 Å². The van der Waals surface area contributed by atoms with Gasteiger partial charge < -0.3 is 10.4 Å². The molecule has 2 rings (SSSR count). The fraction of sp³-hybridized carbons (Fsp3) is 0.643. The van der Waals surface area contributed by atoms with Gasteiger partial charge in [0.05, 0.1) is 0 Å². The van der Waals surface area contributed by atoms with Crippen LogP contribution in [0, 0.1) is 12.8 Å². The number of thiazole rings is 1. The van der Waals surface area contributed by atoms with Crippen LogP contribution in [0.25, 0.3) is 0 Å². The van der Waals surface area contributed by atoms with Crippen molar-refractivity contribution in [1.82, 2.24) is 10.3 Å². The number of carboxylic acid groups (broad SMARTS) is 1. The fourth-order valence-electron chi connectivity index (χ4n) is 2.73. The smallest absolute Gasteiger partial charge is 0.329 e. The monoisotopic (exact) mass is 311 g/mol. The molecular weight excluding hydrogens is 290 g/mol. The van der Waals surface area contributed by atoms with Gasteiger partial charge in [-0.25, -0.2) is 14.6 Å². The Bertz CT molecular complexity index is 521. The number of nitrogens with one attached hydrogen (secondary N) is 2. The summed E-state index contributed by atoms with van der Waals surface area (Å²) < 4.78 is 0. The van der Waals surface area contributed by atoms with Crippen LogP contribution >= 0.6 is 11.3 Å². The third-order valence-corrected chi connectivity index (χ3v) is 4.97. The van der Waals surface area contributed by atoms with Crippen LogP contribution in [0.1, 0.15) is 43.9 Å². The molecule has 0 radical (unpaired) electrons. The molecule has 0 atom stereocenters. The van der Waals surface area contributed by atoms with Crippen LogP contribution in [-0.4, -0.2) is 27.6 Å². The van der Waals surface area contributed by atoms with Crippen molar-refractivity contribution in [2.75, 3.05) is 5.32 Å². The Hall–Kier alpha value is -1.63. The lowest BCUT2D eigenvalue weighted by molar-refractivity contribution is -0.146. The quantitative estimate of drug-likeness (QED) is 0.797. The van der Waals surface area contributed by atoms with Crippen LogP contribution in [0.3, 0.4) is 0 Å². The number of hydrogen-bond donors (Lipinski definition) is 3. The second-order valence-corrected chi connectivity index (χ2v) is 6.83. The summed E-state index contributed by atoms with van der Waals surface area (Å²) in [6.45, 7) is 4.01. The number of anilines is 1. The van der Waals surface area contributed by atoms with Crippen molar-refractivity contribution in [2.45, 2.75) is 51.5 Å². The van der Waals surface area contributed by atoms with E-state index in [1.165, 1.54) is 11.3 Å². The van der Waals surface area contributed by atoms with E-state index in [-0.39, 0.29) is 0 Å². The van der Waals surface area contributed by atoms with Gasteiger partial charge in [-0.05, 0) is 38.5 Å². The molecule has 0 unspecified atom stereocenters. The molecule has 1 saturated carbocycles. The van der Waals surface area contributed by atoms with Gasteiger partial charge in [0.2, 0.25) is 0 Å². The fourth-order valence-corrected chi connectivity index (χ4v) is 3.39. The van der Waals surface area contributed by atoms with Crippen molar-refractivity contribution >= 4 is 28.5 Å². The number of aryl methyl sites for hydroxylation is 1. The molecule has 0 aliphatic heterocycles. The number of carbonyl (C=O) groups is 2. The van der Waals surface area contributed by atoms with Gasteiger partial charge in [0.15, 0.2) is 5.13 Å². The van der Waals surface area contributed by atoms with Crippen molar-refractivity contribution < 1.29 is 14.7 Å². The van der Waals surface area contributed by atoms with Crippen LogP contribution in [0.2, 0.25) is 0 Å². The van der Waals surface area contributed by atoms with Gasteiger partial charge in [-0.1, -0.05) is 13.3 Å². The lowest BCUT2D eigenvalue weighted by Crippen LogP contribution is -2.57. The second-order valence-electron chi connectivity index (χ2n) is 5.59. The molecule has 21 heavy (non-hydrogen) atoms. The molecular formula is C14H21N3O3S. The molecule has 1 aromatic rings. The zero-order valence-electron chi connectivity index (χ0n) is 12.3. The maximum absolute atomic E-state index is 12.0. The zero-order chi connectivity index (χ0) is 15.5. The highest BCUT2D eigenvalue weighted by molar-refractivity contribution is 7.15. The molecule has 3 N–H and O–H groups in total. The SMILES string of the molecule is CCC1CCC(NC(=O)Nc2ncc(C)s2)(C(=O)O)CC1. The molecule has 0 saturated heterocycles. The van der Waals surface area contributed by atoms with E-state index in [0.717, 1.165) is 24.1 Å². The summed E-state index contributed by atoms with van der Waals surface area (Å²) in [4.78, 5) is 28.7. The minimum absolute atomic E-state index is 0.477. The summed E-state index contributed by atoms with van der Waals surface area (Å²) in [5, 5.41) is 15.3. The number of urea groups is 1. The van der Waals surface area contributed by atoms with Gasteiger partial charge in [0.1, 0.15) is 5.54 Å². The molecule has 116 valence electrons. The van der Waals surface area contributed by atoms with Crippen molar-refractivity contribution in [3.8, 4) is 0 Å². The first-order valence-corrected chi connectivity index (χ1v) is 8.02. The Morgan fingerprint density at radius 1 is 1.48 bits per heavy atom. The first-order chi connectivity index (χ1) is 9.95. The van der Waals surface area contributed by atoms with E-state index in [1.807, 2.05) is 6.92 Å². The number of carbonyl (C=O) groups excluding carboxylic acids is 1. The van der Waals surface area contributed by atoms with E-state index in [4.69, 9.17) is 0 Å². The van der Waals surface area contributed by atoms with Crippen LogP contribution < -0.4 is 10.6 Å². The van der Waals surface area contributed by atoms with Gasteiger partial charge in [-0.2, -0.15) is 0 Å². The van der Waals surface area contributed by atoms with E-state index in [1.54, 1.807) is 6.20 Å². The summed E-state index contributed by atoms with van der Waals surface area (Å²) in [5.74, 6) is -0.397. The maximum atomic E-state index is 12.0. The molecule has 1 aromatic heterocycles. The Balaban J connectivity index is 2.00. The van der Waals surface area contributed by atoms with Gasteiger partial charge in [-0.3, -0.25) is 5.32 Å². The first-order valence-electron chi connectivity index (χ1n) is 7.20. The number of nitrogens with zero attached hydrogens (tertiary/aromatic N) is 1. The van der Waals surface area contributed by atoms with Crippen molar-refractivity contribution in [3.05, 3.63) is 11.1 Å². The average Bonchev–Trinajstić information content (AvgIpc) is 2.84. The zero-order valence-corrected chi connectivity index (χ0v) is 13.1. The Morgan fingerprint density at radius 3 is 2.62 bits per heavy atom. The minimum Gasteiger partial charge on any atom is -0.480 e. The Labute approximate surface area is 128 Å². The van der Waals surface area contributed by atoms with E-state index >= 15 is 0 Å². The van der Waals surface area contributed by atoms with Crippen LogP contribution in [0.4, 0.5) is 9.93 Å².